The summed E-state index contributed by atoms with van der Waals surface area (Å²) < 4.78 is 1.82. The van der Waals surface area contributed by atoms with Crippen LogP contribution in [-0.4, -0.2) is 19.3 Å². The minimum absolute atomic E-state index is 0.0128. The molecule has 0 aliphatic carbocycles. The van der Waals surface area contributed by atoms with Crippen LogP contribution in [0.3, 0.4) is 0 Å². The molecule has 3 aromatic rings. The number of allylic oxidation sites excluding steroid dienone is 3. The van der Waals surface area contributed by atoms with Crippen LogP contribution in [0.25, 0.3) is 16.9 Å². The minimum Gasteiger partial charge on any atom is -0.339 e. The van der Waals surface area contributed by atoms with E-state index in [0.29, 0.717) is 27.9 Å². The maximum absolute atomic E-state index is 10.9. The summed E-state index contributed by atoms with van der Waals surface area (Å²) in [7, 11) is 0. The molecule has 7 nitrogen and oxygen atoms in total. The molecule has 0 radical (unpaired) electrons. The summed E-state index contributed by atoms with van der Waals surface area (Å²) in [6, 6.07) is 6.17. The molecule has 1 N–H and O–H groups in total. The molecule has 0 unspecified atom stereocenters. The van der Waals surface area contributed by atoms with Crippen LogP contribution in [0.15, 0.2) is 78.9 Å². The highest BCUT2D eigenvalue weighted by Gasteiger charge is 2.16. The average molecular weight is 368 g/mol. The standard InChI is InChI=1S/C18H14ClN5O2/c1-3-14(10-12(2)19)21-18-17(22-16-11-20-8-9-23(16)18)13-4-6-15(7-5-13)24(25)26/h3-11,21H,1-2H2/b14-10+. The van der Waals surface area contributed by atoms with E-state index in [-0.39, 0.29) is 5.69 Å². The van der Waals surface area contributed by atoms with Gasteiger partial charge in [0.2, 0.25) is 0 Å². The van der Waals surface area contributed by atoms with E-state index in [1.54, 1.807) is 42.9 Å². The number of fused-ring (bicyclic) bond motifs is 1. The molecule has 130 valence electrons. The van der Waals surface area contributed by atoms with Gasteiger partial charge in [-0.15, -0.1) is 0 Å². The van der Waals surface area contributed by atoms with Gasteiger partial charge in [0.15, 0.2) is 5.65 Å². The van der Waals surface area contributed by atoms with Crippen molar-refractivity contribution >= 4 is 28.8 Å². The Morgan fingerprint density at radius 3 is 2.69 bits per heavy atom. The van der Waals surface area contributed by atoms with Crippen molar-refractivity contribution in [1.29, 1.82) is 0 Å². The van der Waals surface area contributed by atoms with E-state index in [1.165, 1.54) is 12.1 Å². The summed E-state index contributed by atoms with van der Waals surface area (Å²) in [5.41, 5.74) is 2.60. The van der Waals surface area contributed by atoms with Crippen molar-refractivity contribution in [2.45, 2.75) is 0 Å². The first kappa shape index (κ1) is 17.4. The van der Waals surface area contributed by atoms with Crippen LogP contribution in [0.1, 0.15) is 0 Å². The number of nitro groups is 1. The second kappa shape index (κ2) is 7.20. The van der Waals surface area contributed by atoms with E-state index in [4.69, 9.17) is 11.6 Å². The Bertz CT molecular complexity index is 1040. The number of hydrogen-bond donors (Lipinski definition) is 1. The summed E-state index contributed by atoms with van der Waals surface area (Å²) in [5.74, 6) is 0.653. The molecule has 3 rings (SSSR count). The SMILES string of the molecule is C=C/C(=C\C(=C)Cl)Nc1c(-c2ccc([N+](=O)[O-])cc2)nc2cnccn12. The minimum atomic E-state index is -0.443. The fourth-order valence-corrected chi connectivity index (χ4v) is 2.54. The van der Waals surface area contributed by atoms with Crippen LogP contribution in [0, 0.1) is 10.1 Å². The van der Waals surface area contributed by atoms with Crippen molar-refractivity contribution in [1.82, 2.24) is 14.4 Å². The van der Waals surface area contributed by atoms with Gasteiger partial charge in [-0.3, -0.25) is 19.5 Å². The number of benzene rings is 1. The van der Waals surface area contributed by atoms with E-state index >= 15 is 0 Å². The monoisotopic (exact) mass is 367 g/mol. The number of halogens is 1. The molecular formula is C18H14ClN5O2. The van der Waals surface area contributed by atoms with Crippen LogP contribution >= 0.6 is 11.6 Å². The molecule has 0 saturated heterocycles. The summed E-state index contributed by atoms with van der Waals surface area (Å²) >= 11 is 5.86. The Balaban J connectivity index is 2.14. The van der Waals surface area contributed by atoms with Gasteiger partial charge >= 0.3 is 0 Å². The quantitative estimate of drug-likeness (QED) is 0.392. The lowest BCUT2D eigenvalue weighted by atomic mass is 10.1. The first-order chi connectivity index (χ1) is 12.5. The van der Waals surface area contributed by atoms with Gasteiger partial charge in [0.05, 0.1) is 11.1 Å². The molecule has 0 atom stereocenters. The number of imidazole rings is 1. The number of non-ortho nitro benzene ring substituents is 1. The lowest BCUT2D eigenvalue weighted by Crippen LogP contribution is -2.02. The zero-order valence-electron chi connectivity index (χ0n) is 13.6. The summed E-state index contributed by atoms with van der Waals surface area (Å²) in [6.07, 6.45) is 8.26. The summed E-state index contributed by atoms with van der Waals surface area (Å²) in [4.78, 5) is 19.1. The predicted molar refractivity (Wildman–Crippen MR) is 102 cm³/mol. The summed E-state index contributed by atoms with van der Waals surface area (Å²) in [5, 5.41) is 14.4. The van der Waals surface area contributed by atoms with Crippen LogP contribution in [0.2, 0.25) is 0 Å². The largest absolute Gasteiger partial charge is 0.339 e. The van der Waals surface area contributed by atoms with Gasteiger partial charge in [-0.25, -0.2) is 4.98 Å². The number of rotatable bonds is 6. The number of nitrogens with one attached hydrogen (secondary N) is 1. The van der Waals surface area contributed by atoms with E-state index < -0.39 is 4.92 Å². The lowest BCUT2D eigenvalue weighted by molar-refractivity contribution is -0.384. The fourth-order valence-electron chi connectivity index (χ4n) is 2.42. The predicted octanol–water partition coefficient (Wildman–Crippen LogP) is 4.54. The van der Waals surface area contributed by atoms with Crippen LogP contribution in [0.4, 0.5) is 11.5 Å². The molecule has 0 fully saturated rings. The van der Waals surface area contributed by atoms with Gasteiger partial charge in [-0.1, -0.05) is 24.8 Å². The fraction of sp³-hybridized carbons (Fsp3) is 0. The second-order valence-electron chi connectivity index (χ2n) is 5.29. The van der Waals surface area contributed by atoms with Crippen molar-refractivity contribution in [2.75, 3.05) is 5.32 Å². The smallest absolute Gasteiger partial charge is 0.269 e. The van der Waals surface area contributed by atoms with E-state index in [1.807, 2.05) is 4.40 Å². The lowest BCUT2D eigenvalue weighted by Gasteiger charge is -2.09. The number of hydrogen-bond acceptors (Lipinski definition) is 5. The van der Waals surface area contributed by atoms with Gasteiger partial charge in [0.1, 0.15) is 11.5 Å². The maximum Gasteiger partial charge on any atom is 0.269 e. The molecule has 0 amide bonds. The average Bonchev–Trinajstić information content (AvgIpc) is 2.99. The third-order valence-corrected chi connectivity index (χ3v) is 3.69. The molecule has 26 heavy (non-hydrogen) atoms. The Labute approximate surface area is 154 Å². The number of nitro benzene ring substituents is 1. The molecule has 8 heteroatoms. The highest BCUT2D eigenvalue weighted by Crippen LogP contribution is 2.31. The molecule has 0 aliphatic heterocycles. The van der Waals surface area contributed by atoms with Crippen LogP contribution in [0.5, 0.6) is 0 Å². The van der Waals surface area contributed by atoms with E-state index in [2.05, 4.69) is 28.4 Å². The molecule has 2 aromatic heterocycles. The van der Waals surface area contributed by atoms with Crippen molar-refractivity contribution < 1.29 is 4.92 Å². The van der Waals surface area contributed by atoms with Crippen LogP contribution < -0.4 is 5.32 Å². The number of nitrogens with zero attached hydrogens (tertiary/aromatic N) is 4. The first-order valence-electron chi connectivity index (χ1n) is 7.52. The van der Waals surface area contributed by atoms with Gasteiger partial charge in [0, 0.05) is 40.8 Å². The van der Waals surface area contributed by atoms with Gasteiger partial charge in [0.25, 0.3) is 5.69 Å². The number of anilines is 1. The maximum atomic E-state index is 10.9. The second-order valence-corrected chi connectivity index (χ2v) is 5.78. The third-order valence-electron chi connectivity index (χ3n) is 3.58. The molecule has 0 aliphatic rings. The molecule has 0 bridgehead atoms. The Morgan fingerprint density at radius 1 is 1.35 bits per heavy atom. The Hall–Kier alpha value is -3.45. The molecular weight excluding hydrogens is 354 g/mol. The molecule has 1 aromatic carbocycles. The van der Waals surface area contributed by atoms with Gasteiger partial charge in [-0.2, -0.15) is 0 Å². The highest BCUT2D eigenvalue weighted by atomic mass is 35.5. The molecule has 2 heterocycles. The zero-order chi connectivity index (χ0) is 18.7. The van der Waals surface area contributed by atoms with E-state index in [0.717, 1.165) is 5.56 Å². The van der Waals surface area contributed by atoms with Crippen molar-refractivity contribution in [3.63, 3.8) is 0 Å². The van der Waals surface area contributed by atoms with Crippen molar-refractivity contribution in [2.24, 2.45) is 0 Å². The van der Waals surface area contributed by atoms with Crippen molar-refractivity contribution in [3.05, 3.63) is 89.0 Å². The third kappa shape index (κ3) is 3.47. The molecule has 0 spiro atoms. The Morgan fingerprint density at radius 2 is 2.08 bits per heavy atom. The summed E-state index contributed by atoms with van der Waals surface area (Å²) in [6.45, 7) is 7.41. The van der Waals surface area contributed by atoms with Gasteiger partial charge < -0.3 is 5.32 Å². The van der Waals surface area contributed by atoms with Gasteiger partial charge in [-0.05, 0) is 24.3 Å². The zero-order valence-corrected chi connectivity index (χ0v) is 14.3. The first-order valence-corrected chi connectivity index (χ1v) is 7.90. The van der Waals surface area contributed by atoms with E-state index in [9.17, 15) is 10.1 Å². The topological polar surface area (TPSA) is 85.4 Å². The van der Waals surface area contributed by atoms with Crippen LogP contribution in [-0.2, 0) is 0 Å². The Kier molecular flexibility index (Phi) is 4.81. The normalized spacial score (nSPS) is 11.3. The molecule has 0 saturated carbocycles. The number of aromatic nitrogens is 3. The highest BCUT2D eigenvalue weighted by molar-refractivity contribution is 6.30. The van der Waals surface area contributed by atoms with Crippen molar-refractivity contribution in [3.8, 4) is 11.3 Å².